The number of anilines is 2. The van der Waals surface area contributed by atoms with Crippen molar-refractivity contribution >= 4 is 33.3 Å². The highest BCUT2D eigenvalue weighted by Gasteiger charge is 2.18. The number of esters is 1. The van der Waals surface area contributed by atoms with Gasteiger partial charge < -0.3 is 14.5 Å². The van der Waals surface area contributed by atoms with Crippen molar-refractivity contribution in [3.63, 3.8) is 0 Å². The SMILES string of the molecule is CN(Cc1ccc(N(C)C)cc1)C(=O)COC(=O)c1ccccc1NS(C)(=O)=O. The summed E-state index contributed by atoms with van der Waals surface area (Å²) in [7, 11) is 1.96. The van der Waals surface area contributed by atoms with Gasteiger partial charge in [-0.2, -0.15) is 0 Å². The second-order valence-electron chi connectivity index (χ2n) is 6.81. The average molecular weight is 420 g/mol. The van der Waals surface area contributed by atoms with E-state index in [9.17, 15) is 18.0 Å². The summed E-state index contributed by atoms with van der Waals surface area (Å²) in [5.41, 5.74) is 2.13. The lowest BCUT2D eigenvalue weighted by Gasteiger charge is -2.18. The normalized spacial score (nSPS) is 10.9. The number of likely N-dealkylation sites (N-methyl/N-ethyl adjacent to an activating group) is 1. The molecule has 156 valence electrons. The molecule has 0 radical (unpaired) electrons. The zero-order valence-corrected chi connectivity index (χ0v) is 17.7. The van der Waals surface area contributed by atoms with Gasteiger partial charge in [0.05, 0.1) is 17.5 Å². The van der Waals surface area contributed by atoms with Crippen molar-refractivity contribution in [3.05, 3.63) is 59.7 Å². The lowest BCUT2D eigenvalue weighted by molar-refractivity contribution is -0.133. The van der Waals surface area contributed by atoms with Gasteiger partial charge in [-0.15, -0.1) is 0 Å². The van der Waals surface area contributed by atoms with Crippen molar-refractivity contribution in [2.24, 2.45) is 0 Å². The number of rotatable bonds is 8. The molecule has 0 saturated heterocycles. The number of nitrogens with zero attached hydrogens (tertiary/aromatic N) is 2. The third-order valence-electron chi connectivity index (χ3n) is 4.07. The third-order valence-corrected chi connectivity index (χ3v) is 4.66. The molecule has 0 heterocycles. The first-order valence-electron chi connectivity index (χ1n) is 8.81. The van der Waals surface area contributed by atoms with Crippen molar-refractivity contribution < 1.29 is 22.7 Å². The Morgan fingerprint density at radius 3 is 2.21 bits per heavy atom. The highest BCUT2D eigenvalue weighted by molar-refractivity contribution is 7.92. The van der Waals surface area contributed by atoms with Crippen LogP contribution in [-0.2, 0) is 26.1 Å². The maximum absolute atomic E-state index is 12.3. The summed E-state index contributed by atoms with van der Waals surface area (Å²) < 4.78 is 30.2. The maximum Gasteiger partial charge on any atom is 0.340 e. The molecule has 0 atom stereocenters. The fraction of sp³-hybridized carbons (Fsp3) is 0.300. The first kappa shape index (κ1) is 22.2. The minimum Gasteiger partial charge on any atom is -0.452 e. The van der Waals surface area contributed by atoms with E-state index in [0.717, 1.165) is 17.5 Å². The molecule has 0 aromatic heterocycles. The van der Waals surface area contributed by atoms with Crippen molar-refractivity contribution in [1.82, 2.24) is 4.90 Å². The van der Waals surface area contributed by atoms with Crippen LogP contribution in [0.1, 0.15) is 15.9 Å². The Balaban J connectivity index is 1.95. The highest BCUT2D eigenvalue weighted by Crippen LogP contribution is 2.17. The van der Waals surface area contributed by atoms with E-state index in [1.807, 2.05) is 43.3 Å². The van der Waals surface area contributed by atoms with Crippen LogP contribution in [0.3, 0.4) is 0 Å². The molecule has 0 unspecified atom stereocenters. The number of hydrogen-bond donors (Lipinski definition) is 1. The molecule has 0 spiro atoms. The van der Waals surface area contributed by atoms with E-state index in [1.54, 1.807) is 19.2 Å². The van der Waals surface area contributed by atoms with Gasteiger partial charge in [0.25, 0.3) is 5.91 Å². The highest BCUT2D eigenvalue weighted by atomic mass is 32.2. The van der Waals surface area contributed by atoms with E-state index in [-0.39, 0.29) is 17.2 Å². The van der Waals surface area contributed by atoms with Crippen molar-refractivity contribution in [2.45, 2.75) is 6.54 Å². The predicted molar refractivity (Wildman–Crippen MR) is 112 cm³/mol. The van der Waals surface area contributed by atoms with Gasteiger partial charge in [-0.1, -0.05) is 24.3 Å². The van der Waals surface area contributed by atoms with Gasteiger partial charge in [-0.3, -0.25) is 9.52 Å². The van der Waals surface area contributed by atoms with Crippen LogP contribution in [0, 0.1) is 0 Å². The summed E-state index contributed by atoms with van der Waals surface area (Å²) in [5.74, 6) is -1.16. The number of carbonyl (C=O) groups is 2. The van der Waals surface area contributed by atoms with Crippen LogP contribution < -0.4 is 9.62 Å². The van der Waals surface area contributed by atoms with E-state index >= 15 is 0 Å². The summed E-state index contributed by atoms with van der Waals surface area (Å²) in [6.45, 7) is -0.0748. The minimum absolute atomic E-state index is 0.0349. The van der Waals surface area contributed by atoms with Gasteiger partial charge in [0.2, 0.25) is 10.0 Å². The van der Waals surface area contributed by atoms with Gasteiger partial charge in [0.1, 0.15) is 0 Å². The smallest absolute Gasteiger partial charge is 0.340 e. The topological polar surface area (TPSA) is 96.0 Å². The monoisotopic (exact) mass is 419 g/mol. The lowest BCUT2D eigenvalue weighted by atomic mass is 10.2. The van der Waals surface area contributed by atoms with Gasteiger partial charge in [-0.05, 0) is 29.8 Å². The Kier molecular flexibility index (Phi) is 7.22. The van der Waals surface area contributed by atoms with Crippen LogP contribution in [0.4, 0.5) is 11.4 Å². The molecule has 0 aliphatic carbocycles. The maximum atomic E-state index is 12.3. The molecule has 9 heteroatoms. The molecule has 2 rings (SSSR count). The average Bonchev–Trinajstić information content (AvgIpc) is 2.65. The Bertz CT molecular complexity index is 972. The fourth-order valence-corrected chi connectivity index (χ4v) is 3.10. The van der Waals surface area contributed by atoms with E-state index in [2.05, 4.69) is 4.72 Å². The van der Waals surface area contributed by atoms with Crippen molar-refractivity contribution in [2.75, 3.05) is 43.6 Å². The molecule has 1 amide bonds. The molecule has 29 heavy (non-hydrogen) atoms. The van der Waals surface area contributed by atoms with Crippen LogP contribution >= 0.6 is 0 Å². The number of benzene rings is 2. The Morgan fingerprint density at radius 1 is 1.00 bits per heavy atom. The number of sulfonamides is 1. The number of hydrogen-bond acceptors (Lipinski definition) is 6. The third kappa shape index (κ3) is 6.79. The molecular formula is C20H25N3O5S. The molecule has 1 N–H and O–H groups in total. The molecule has 0 bridgehead atoms. The number of ether oxygens (including phenoxy) is 1. The number of carbonyl (C=O) groups excluding carboxylic acids is 2. The molecule has 0 fully saturated rings. The predicted octanol–water partition coefficient (Wildman–Crippen LogP) is 1.94. The summed E-state index contributed by atoms with van der Waals surface area (Å²) in [6, 6.07) is 13.8. The minimum atomic E-state index is -3.56. The second-order valence-corrected chi connectivity index (χ2v) is 8.56. The van der Waals surface area contributed by atoms with E-state index in [1.165, 1.54) is 17.0 Å². The number of nitrogens with one attached hydrogen (secondary N) is 1. The molecule has 0 aliphatic rings. The van der Waals surface area contributed by atoms with Gasteiger partial charge in [0, 0.05) is 33.4 Å². The molecule has 2 aromatic carbocycles. The summed E-state index contributed by atoms with van der Waals surface area (Å²) in [6.07, 6.45) is 0.985. The second kappa shape index (κ2) is 9.42. The first-order chi connectivity index (χ1) is 13.6. The van der Waals surface area contributed by atoms with E-state index < -0.39 is 22.6 Å². The van der Waals surface area contributed by atoms with Crippen LogP contribution in [0.25, 0.3) is 0 Å². The standard InChI is InChI=1S/C20H25N3O5S/c1-22(2)16-11-9-15(10-12-16)13-23(3)19(24)14-28-20(25)17-7-5-6-8-18(17)21-29(4,26)27/h5-12,21H,13-14H2,1-4H3. The van der Waals surface area contributed by atoms with Gasteiger partial charge >= 0.3 is 5.97 Å². The molecule has 0 aliphatic heterocycles. The van der Waals surface area contributed by atoms with Crippen molar-refractivity contribution in [3.8, 4) is 0 Å². The molecular weight excluding hydrogens is 394 g/mol. The van der Waals surface area contributed by atoms with Gasteiger partial charge in [0.15, 0.2) is 6.61 Å². The fourth-order valence-electron chi connectivity index (χ4n) is 2.53. The number of para-hydroxylation sites is 1. The first-order valence-corrected chi connectivity index (χ1v) is 10.7. The number of amides is 1. The zero-order chi connectivity index (χ0) is 21.6. The van der Waals surface area contributed by atoms with Crippen LogP contribution in [-0.4, -0.2) is 59.2 Å². The van der Waals surface area contributed by atoms with Crippen LogP contribution in [0.15, 0.2) is 48.5 Å². The molecule has 8 nitrogen and oxygen atoms in total. The van der Waals surface area contributed by atoms with Gasteiger partial charge in [-0.25, -0.2) is 13.2 Å². The zero-order valence-electron chi connectivity index (χ0n) is 16.9. The lowest BCUT2D eigenvalue weighted by Crippen LogP contribution is -2.31. The van der Waals surface area contributed by atoms with E-state index in [0.29, 0.717) is 6.54 Å². The summed E-state index contributed by atoms with van der Waals surface area (Å²) in [5, 5.41) is 0. The Hall–Kier alpha value is -3.07. The molecule has 2 aromatic rings. The Labute approximate surface area is 171 Å². The summed E-state index contributed by atoms with van der Waals surface area (Å²) >= 11 is 0. The quantitative estimate of drug-likeness (QED) is 0.657. The van der Waals surface area contributed by atoms with Crippen molar-refractivity contribution in [1.29, 1.82) is 0 Å². The van der Waals surface area contributed by atoms with Crippen LogP contribution in [0.2, 0.25) is 0 Å². The largest absolute Gasteiger partial charge is 0.452 e. The molecule has 0 saturated carbocycles. The van der Waals surface area contributed by atoms with E-state index in [4.69, 9.17) is 4.74 Å². The summed E-state index contributed by atoms with van der Waals surface area (Å²) in [4.78, 5) is 28.0. The van der Waals surface area contributed by atoms with Crippen LogP contribution in [0.5, 0.6) is 0 Å². The Morgan fingerprint density at radius 2 is 1.62 bits per heavy atom.